The van der Waals surface area contributed by atoms with Gasteiger partial charge in [-0.2, -0.15) is 0 Å². The minimum atomic E-state index is 0.186. The SMILES string of the molecule is COc1ccc(CN2CCN(C(=O)Cc3ccc(Cl)cc3)CC2)cc1. The van der Waals surface area contributed by atoms with Crippen LogP contribution in [0.25, 0.3) is 0 Å². The lowest BCUT2D eigenvalue weighted by Gasteiger charge is -2.34. The van der Waals surface area contributed by atoms with Crippen LogP contribution in [-0.4, -0.2) is 49.0 Å². The van der Waals surface area contributed by atoms with Crippen molar-refractivity contribution < 1.29 is 9.53 Å². The Hall–Kier alpha value is -2.04. The van der Waals surface area contributed by atoms with Crippen molar-refractivity contribution in [1.82, 2.24) is 9.80 Å². The summed E-state index contributed by atoms with van der Waals surface area (Å²) >= 11 is 5.89. The Morgan fingerprint density at radius 3 is 2.16 bits per heavy atom. The van der Waals surface area contributed by atoms with Crippen LogP contribution in [-0.2, 0) is 17.8 Å². The van der Waals surface area contributed by atoms with Crippen LogP contribution in [0.3, 0.4) is 0 Å². The van der Waals surface area contributed by atoms with E-state index in [0.29, 0.717) is 11.4 Å². The van der Waals surface area contributed by atoms with Gasteiger partial charge < -0.3 is 9.64 Å². The topological polar surface area (TPSA) is 32.8 Å². The lowest BCUT2D eigenvalue weighted by molar-refractivity contribution is -0.132. The fourth-order valence-electron chi connectivity index (χ4n) is 3.03. The third kappa shape index (κ3) is 4.97. The number of hydrogen-bond donors (Lipinski definition) is 0. The first-order chi connectivity index (χ1) is 12.1. The highest BCUT2D eigenvalue weighted by Gasteiger charge is 2.21. The molecule has 0 atom stereocenters. The zero-order valence-electron chi connectivity index (χ0n) is 14.5. The second-order valence-electron chi connectivity index (χ2n) is 6.31. The molecular formula is C20H23ClN2O2. The first-order valence-electron chi connectivity index (χ1n) is 8.51. The third-order valence-electron chi connectivity index (χ3n) is 4.56. The molecule has 1 aliphatic rings. The molecule has 1 amide bonds. The fourth-order valence-corrected chi connectivity index (χ4v) is 3.16. The number of methoxy groups -OCH3 is 1. The molecule has 4 nitrogen and oxygen atoms in total. The van der Waals surface area contributed by atoms with Gasteiger partial charge in [-0.3, -0.25) is 9.69 Å². The predicted molar refractivity (Wildman–Crippen MR) is 100 cm³/mol. The van der Waals surface area contributed by atoms with Gasteiger partial charge in [0.05, 0.1) is 13.5 Å². The predicted octanol–water partition coefficient (Wildman–Crippen LogP) is 3.24. The number of nitrogens with zero attached hydrogens (tertiary/aromatic N) is 2. The summed E-state index contributed by atoms with van der Waals surface area (Å²) in [6.45, 7) is 4.27. The quantitative estimate of drug-likeness (QED) is 0.822. The van der Waals surface area contributed by atoms with Gasteiger partial charge in [-0.05, 0) is 35.4 Å². The number of amides is 1. The number of benzene rings is 2. The molecule has 2 aromatic carbocycles. The molecule has 0 unspecified atom stereocenters. The molecule has 1 heterocycles. The number of hydrogen-bond acceptors (Lipinski definition) is 3. The van der Waals surface area contributed by atoms with E-state index < -0.39 is 0 Å². The molecule has 3 rings (SSSR count). The minimum Gasteiger partial charge on any atom is -0.497 e. The van der Waals surface area contributed by atoms with E-state index in [-0.39, 0.29) is 5.91 Å². The maximum absolute atomic E-state index is 12.4. The molecule has 132 valence electrons. The number of carbonyl (C=O) groups excluding carboxylic acids is 1. The number of piperazine rings is 1. The molecule has 0 bridgehead atoms. The summed E-state index contributed by atoms with van der Waals surface area (Å²) in [4.78, 5) is 16.8. The van der Waals surface area contributed by atoms with Crippen LogP contribution in [0.2, 0.25) is 5.02 Å². The monoisotopic (exact) mass is 358 g/mol. The Labute approximate surface area is 154 Å². The second-order valence-corrected chi connectivity index (χ2v) is 6.74. The molecule has 0 aliphatic carbocycles. The largest absolute Gasteiger partial charge is 0.497 e. The Kier molecular flexibility index (Phi) is 5.95. The van der Waals surface area contributed by atoms with Gasteiger partial charge in [-0.15, -0.1) is 0 Å². The van der Waals surface area contributed by atoms with Crippen molar-refractivity contribution in [1.29, 1.82) is 0 Å². The molecule has 0 radical (unpaired) electrons. The first-order valence-corrected chi connectivity index (χ1v) is 8.89. The Morgan fingerprint density at radius 2 is 1.56 bits per heavy atom. The normalized spacial score (nSPS) is 15.2. The van der Waals surface area contributed by atoms with Crippen LogP contribution in [0.5, 0.6) is 5.75 Å². The minimum absolute atomic E-state index is 0.186. The van der Waals surface area contributed by atoms with Crippen molar-refractivity contribution in [2.45, 2.75) is 13.0 Å². The van der Waals surface area contributed by atoms with Crippen LogP contribution in [0.15, 0.2) is 48.5 Å². The van der Waals surface area contributed by atoms with Gasteiger partial charge in [0.1, 0.15) is 5.75 Å². The maximum atomic E-state index is 12.4. The van der Waals surface area contributed by atoms with E-state index in [1.807, 2.05) is 41.3 Å². The highest BCUT2D eigenvalue weighted by atomic mass is 35.5. The van der Waals surface area contributed by atoms with Crippen molar-refractivity contribution in [3.05, 3.63) is 64.7 Å². The molecule has 0 N–H and O–H groups in total. The van der Waals surface area contributed by atoms with Crippen LogP contribution in [0.4, 0.5) is 0 Å². The second kappa shape index (κ2) is 8.37. The van der Waals surface area contributed by atoms with Gasteiger partial charge in [0.15, 0.2) is 0 Å². The molecule has 2 aromatic rings. The Bertz CT molecular complexity index is 693. The molecule has 1 saturated heterocycles. The molecule has 0 spiro atoms. The molecule has 1 fully saturated rings. The lowest BCUT2D eigenvalue weighted by atomic mass is 10.1. The van der Waals surface area contributed by atoms with Gasteiger partial charge in [0.2, 0.25) is 5.91 Å². The Morgan fingerprint density at radius 1 is 0.960 bits per heavy atom. The molecule has 5 heteroatoms. The first kappa shape index (κ1) is 17.8. The van der Waals surface area contributed by atoms with Crippen LogP contribution in [0, 0.1) is 0 Å². The van der Waals surface area contributed by atoms with Gasteiger partial charge in [-0.1, -0.05) is 35.9 Å². The average molecular weight is 359 g/mol. The summed E-state index contributed by atoms with van der Waals surface area (Å²) in [6, 6.07) is 15.7. The highest BCUT2D eigenvalue weighted by Crippen LogP contribution is 2.15. The van der Waals surface area contributed by atoms with Crippen molar-refractivity contribution in [2.75, 3.05) is 33.3 Å². The third-order valence-corrected chi connectivity index (χ3v) is 4.81. The van der Waals surface area contributed by atoms with Crippen molar-refractivity contribution in [3.8, 4) is 5.75 Å². The highest BCUT2D eigenvalue weighted by molar-refractivity contribution is 6.30. The lowest BCUT2D eigenvalue weighted by Crippen LogP contribution is -2.48. The number of carbonyl (C=O) groups is 1. The summed E-state index contributed by atoms with van der Waals surface area (Å²) in [5, 5.41) is 0.698. The van der Waals surface area contributed by atoms with Crippen LogP contribution >= 0.6 is 11.6 Å². The summed E-state index contributed by atoms with van der Waals surface area (Å²) in [6.07, 6.45) is 0.440. The van der Waals surface area contributed by atoms with E-state index in [9.17, 15) is 4.79 Å². The average Bonchev–Trinajstić information content (AvgIpc) is 2.65. The summed E-state index contributed by atoms with van der Waals surface area (Å²) in [7, 11) is 1.68. The standard InChI is InChI=1S/C20H23ClN2O2/c1-25-19-8-4-17(5-9-19)15-22-10-12-23(13-11-22)20(24)14-16-2-6-18(21)7-3-16/h2-9H,10-15H2,1H3. The number of ether oxygens (including phenoxy) is 1. The number of halogens is 1. The summed E-state index contributed by atoms with van der Waals surface area (Å²) in [5.74, 6) is 1.06. The smallest absolute Gasteiger partial charge is 0.227 e. The molecule has 0 aromatic heterocycles. The maximum Gasteiger partial charge on any atom is 0.227 e. The van der Waals surface area contributed by atoms with E-state index in [1.54, 1.807) is 7.11 Å². The van der Waals surface area contributed by atoms with Crippen LogP contribution < -0.4 is 4.74 Å². The van der Waals surface area contributed by atoms with Gasteiger partial charge in [0.25, 0.3) is 0 Å². The van der Waals surface area contributed by atoms with Gasteiger partial charge >= 0.3 is 0 Å². The van der Waals surface area contributed by atoms with E-state index in [0.717, 1.165) is 44.0 Å². The van der Waals surface area contributed by atoms with Gasteiger partial charge in [-0.25, -0.2) is 0 Å². The van der Waals surface area contributed by atoms with E-state index in [1.165, 1.54) is 5.56 Å². The Balaban J connectivity index is 1.47. The molecule has 1 aliphatic heterocycles. The zero-order chi connectivity index (χ0) is 17.6. The van der Waals surface area contributed by atoms with E-state index >= 15 is 0 Å². The molecule has 25 heavy (non-hydrogen) atoms. The number of rotatable bonds is 5. The molecular weight excluding hydrogens is 336 g/mol. The van der Waals surface area contributed by atoms with E-state index in [4.69, 9.17) is 16.3 Å². The van der Waals surface area contributed by atoms with Crippen molar-refractivity contribution in [3.63, 3.8) is 0 Å². The van der Waals surface area contributed by atoms with Crippen molar-refractivity contribution in [2.24, 2.45) is 0 Å². The van der Waals surface area contributed by atoms with Crippen LogP contribution in [0.1, 0.15) is 11.1 Å². The van der Waals surface area contributed by atoms with Crippen molar-refractivity contribution >= 4 is 17.5 Å². The van der Waals surface area contributed by atoms with E-state index in [2.05, 4.69) is 17.0 Å². The molecule has 0 saturated carbocycles. The summed E-state index contributed by atoms with van der Waals surface area (Å²) in [5.41, 5.74) is 2.27. The zero-order valence-corrected chi connectivity index (χ0v) is 15.2. The summed E-state index contributed by atoms with van der Waals surface area (Å²) < 4.78 is 5.19. The van der Waals surface area contributed by atoms with Gasteiger partial charge in [0, 0.05) is 37.7 Å². The fraction of sp³-hybridized carbons (Fsp3) is 0.350.